The summed E-state index contributed by atoms with van der Waals surface area (Å²) in [6.45, 7) is 4.26. The summed E-state index contributed by atoms with van der Waals surface area (Å²) in [6.07, 6.45) is 2.20. The van der Waals surface area contributed by atoms with Crippen LogP contribution in [0.1, 0.15) is 38.4 Å². The molecule has 3 rings (SSSR count). The highest BCUT2D eigenvalue weighted by atomic mass is 16.5. The molecule has 3 nitrogen and oxygen atoms in total. The summed E-state index contributed by atoms with van der Waals surface area (Å²) >= 11 is 0. The molecule has 1 aromatic heterocycles. The standard InChI is InChI=1S/C15H19NO2/c1-9(2)15-6-10-5-12(3-4-14(10)18-15)17-13-7-11(16)8-13/h3-6,9,11,13H,7-8,16H2,1-2H3/t11-,13-. The van der Waals surface area contributed by atoms with E-state index < -0.39 is 0 Å². The second-order valence-electron chi connectivity index (χ2n) is 5.47. The number of hydrogen-bond donors (Lipinski definition) is 1. The highest BCUT2D eigenvalue weighted by Crippen LogP contribution is 2.30. The number of benzene rings is 1. The second kappa shape index (κ2) is 4.32. The summed E-state index contributed by atoms with van der Waals surface area (Å²) in [6, 6.07) is 8.42. The van der Waals surface area contributed by atoms with Crippen LogP contribution < -0.4 is 10.5 Å². The van der Waals surface area contributed by atoms with Crippen LogP contribution in [0.15, 0.2) is 28.7 Å². The molecule has 0 atom stereocenters. The van der Waals surface area contributed by atoms with E-state index in [1.807, 2.05) is 12.1 Å². The van der Waals surface area contributed by atoms with E-state index in [-0.39, 0.29) is 6.10 Å². The molecule has 0 aliphatic heterocycles. The van der Waals surface area contributed by atoms with E-state index in [9.17, 15) is 0 Å². The van der Waals surface area contributed by atoms with Crippen molar-refractivity contribution in [3.63, 3.8) is 0 Å². The normalized spacial score (nSPS) is 23.3. The van der Waals surface area contributed by atoms with Gasteiger partial charge in [0.1, 0.15) is 23.2 Å². The van der Waals surface area contributed by atoms with Gasteiger partial charge in [-0.15, -0.1) is 0 Å². The average molecular weight is 245 g/mol. The quantitative estimate of drug-likeness (QED) is 0.901. The Balaban J connectivity index is 1.81. The lowest BCUT2D eigenvalue weighted by atomic mass is 9.90. The molecule has 0 saturated heterocycles. The van der Waals surface area contributed by atoms with Gasteiger partial charge >= 0.3 is 0 Å². The molecule has 2 N–H and O–H groups in total. The van der Waals surface area contributed by atoms with Crippen molar-refractivity contribution >= 4 is 11.0 Å². The molecule has 96 valence electrons. The number of ether oxygens (including phenoxy) is 1. The van der Waals surface area contributed by atoms with Crippen LogP contribution in [0.3, 0.4) is 0 Å². The van der Waals surface area contributed by atoms with E-state index in [0.717, 1.165) is 35.3 Å². The summed E-state index contributed by atoms with van der Waals surface area (Å²) in [7, 11) is 0. The maximum Gasteiger partial charge on any atom is 0.134 e. The van der Waals surface area contributed by atoms with Crippen LogP contribution in [-0.4, -0.2) is 12.1 Å². The third-order valence-corrected chi connectivity index (χ3v) is 3.51. The molecule has 3 heteroatoms. The zero-order valence-electron chi connectivity index (χ0n) is 10.8. The lowest BCUT2D eigenvalue weighted by Crippen LogP contribution is -2.43. The van der Waals surface area contributed by atoms with Crippen LogP contribution in [0.25, 0.3) is 11.0 Å². The first-order valence-electron chi connectivity index (χ1n) is 6.57. The number of fused-ring (bicyclic) bond motifs is 1. The van der Waals surface area contributed by atoms with Gasteiger partial charge in [0.15, 0.2) is 0 Å². The van der Waals surface area contributed by atoms with Crippen LogP contribution in [-0.2, 0) is 0 Å². The van der Waals surface area contributed by atoms with Crippen LogP contribution in [0.2, 0.25) is 0 Å². The summed E-state index contributed by atoms with van der Waals surface area (Å²) < 4.78 is 11.6. The van der Waals surface area contributed by atoms with Crippen molar-refractivity contribution in [3.05, 3.63) is 30.0 Å². The molecule has 2 aromatic rings. The molecule has 1 aliphatic carbocycles. The molecule has 1 aromatic carbocycles. The molecular formula is C15H19NO2. The first kappa shape index (κ1) is 11.6. The lowest BCUT2D eigenvalue weighted by Gasteiger charge is -2.32. The molecule has 1 fully saturated rings. The Morgan fingerprint density at radius 3 is 2.72 bits per heavy atom. The van der Waals surface area contributed by atoms with Crippen molar-refractivity contribution < 1.29 is 9.15 Å². The fourth-order valence-electron chi connectivity index (χ4n) is 2.29. The van der Waals surface area contributed by atoms with Crippen molar-refractivity contribution in [3.8, 4) is 5.75 Å². The van der Waals surface area contributed by atoms with Gasteiger partial charge in [-0.1, -0.05) is 13.8 Å². The first-order valence-corrected chi connectivity index (χ1v) is 6.57. The smallest absolute Gasteiger partial charge is 0.134 e. The summed E-state index contributed by atoms with van der Waals surface area (Å²) in [4.78, 5) is 0. The van der Waals surface area contributed by atoms with Crippen molar-refractivity contribution in [1.29, 1.82) is 0 Å². The summed E-state index contributed by atoms with van der Waals surface area (Å²) in [5, 5.41) is 1.11. The topological polar surface area (TPSA) is 48.4 Å². The van der Waals surface area contributed by atoms with Gasteiger partial charge in [0.25, 0.3) is 0 Å². The van der Waals surface area contributed by atoms with E-state index in [1.54, 1.807) is 0 Å². The molecule has 0 unspecified atom stereocenters. The Hall–Kier alpha value is -1.48. The molecule has 1 aliphatic rings. The minimum absolute atomic E-state index is 0.286. The fourth-order valence-corrected chi connectivity index (χ4v) is 2.29. The van der Waals surface area contributed by atoms with E-state index in [4.69, 9.17) is 14.9 Å². The molecular weight excluding hydrogens is 226 g/mol. The van der Waals surface area contributed by atoms with Gasteiger partial charge in [0.05, 0.1) is 0 Å². The minimum Gasteiger partial charge on any atom is -0.490 e. The van der Waals surface area contributed by atoms with Gasteiger partial charge in [-0.3, -0.25) is 0 Å². The zero-order valence-corrected chi connectivity index (χ0v) is 10.8. The minimum atomic E-state index is 0.286. The monoisotopic (exact) mass is 245 g/mol. The van der Waals surface area contributed by atoms with Crippen molar-refractivity contribution in [2.45, 2.75) is 44.8 Å². The third kappa shape index (κ3) is 2.10. The Morgan fingerprint density at radius 2 is 2.06 bits per heavy atom. The Morgan fingerprint density at radius 1 is 1.28 bits per heavy atom. The molecule has 0 bridgehead atoms. The van der Waals surface area contributed by atoms with Crippen LogP contribution >= 0.6 is 0 Å². The summed E-state index contributed by atoms with van der Waals surface area (Å²) in [5.41, 5.74) is 6.68. The second-order valence-corrected chi connectivity index (χ2v) is 5.47. The fraction of sp³-hybridized carbons (Fsp3) is 0.467. The predicted octanol–water partition coefficient (Wildman–Crippen LogP) is 3.42. The average Bonchev–Trinajstić information content (AvgIpc) is 2.70. The Labute approximate surface area is 107 Å². The van der Waals surface area contributed by atoms with Gasteiger partial charge in [-0.05, 0) is 37.1 Å². The van der Waals surface area contributed by atoms with Crippen LogP contribution in [0.5, 0.6) is 5.75 Å². The van der Waals surface area contributed by atoms with Crippen molar-refractivity contribution in [2.24, 2.45) is 5.73 Å². The van der Waals surface area contributed by atoms with Gasteiger partial charge in [0, 0.05) is 17.3 Å². The molecule has 0 amide bonds. The number of rotatable bonds is 3. The molecule has 0 radical (unpaired) electrons. The maximum absolute atomic E-state index is 5.88. The number of nitrogens with two attached hydrogens (primary N) is 1. The van der Waals surface area contributed by atoms with Crippen LogP contribution in [0.4, 0.5) is 0 Å². The summed E-state index contributed by atoms with van der Waals surface area (Å²) in [5.74, 6) is 2.34. The van der Waals surface area contributed by atoms with Crippen molar-refractivity contribution in [2.75, 3.05) is 0 Å². The highest BCUT2D eigenvalue weighted by molar-refractivity contribution is 5.79. The SMILES string of the molecule is CC(C)c1cc2cc(O[C@H]3C[C@H](N)C3)ccc2o1. The van der Waals surface area contributed by atoms with E-state index in [2.05, 4.69) is 26.0 Å². The lowest BCUT2D eigenvalue weighted by molar-refractivity contribution is 0.101. The number of furan rings is 1. The first-order chi connectivity index (χ1) is 8.61. The highest BCUT2D eigenvalue weighted by Gasteiger charge is 2.27. The van der Waals surface area contributed by atoms with Gasteiger partial charge in [-0.2, -0.15) is 0 Å². The van der Waals surface area contributed by atoms with Gasteiger partial charge in [0.2, 0.25) is 0 Å². The molecule has 18 heavy (non-hydrogen) atoms. The van der Waals surface area contributed by atoms with E-state index in [0.29, 0.717) is 12.0 Å². The van der Waals surface area contributed by atoms with E-state index in [1.165, 1.54) is 0 Å². The molecule has 0 spiro atoms. The van der Waals surface area contributed by atoms with Crippen LogP contribution in [0, 0.1) is 0 Å². The van der Waals surface area contributed by atoms with E-state index >= 15 is 0 Å². The number of hydrogen-bond acceptors (Lipinski definition) is 3. The Kier molecular flexibility index (Phi) is 2.78. The molecule has 1 heterocycles. The zero-order chi connectivity index (χ0) is 12.7. The van der Waals surface area contributed by atoms with Crippen molar-refractivity contribution in [1.82, 2.24) is 0 Å². The van der Waals surface area contributed by atoms with Gasteiger partial charge < -0.3 is 14.9 Å². The largest absolute Gasteiger partial charge is 0.490 e. The predicted molar refractivity (Wildman–Crippen MR) is 71.9 cm³/mol. The maximum atomic E-state index is 5.88. The third-order valence-electron chi connectivity index (χ3n) is 3.51. The Bertz CT molecular complexity index is 553. The van der Waals surface area contributed by atoms with Gasteiger partial charge in [-0.25, -0.2) is 0 Å². The molecule has 1 saturated carbocycles.